The van der Waals surface area contributed by atoms with Crippen LogP contribution in [-0.4, -0.2) is 22.1 Å². The summed E-state index contributed by atoms with van der Waals surface area (Å²) in [4.78, 5) is 12.3. The van der Waals surface area contributed by atoms with Gasteiger partial charge in [0.1, 0.15) is 0 Å². The summed E-state index contributed by atoms with van der Waals surface area (Å²) in [6, 6.07) is 9.81. The molecule has 1 N–H and O–H groups in total. The standard InChI is InChI=1S/C16H19N3O/c20-16(17-13-8-3-1-2-4-9-13)15-11-12-7-5-6-10-14(12)18-19-15/h5-7,10-11,13H,1-4,8-9H2,(H,17,20). The van der Waals surface area contributed by atoms with Crippen LogP contribution in [0.4, 0.5) is 0 Å². The Hall–Kier alpha value is -1.97. The molecule has 104 valence electrons. The van der Waals surface area contributed by atoms with Crippen LogP contribution < -0.4 is 5.32 Å². The Bertz CT molecular complexity index is 603. The van der Waals surface area contributed by atoms with E-state index < -0.39 is 0 Å². The summed E-state index contributed by atoms with van der Waals surface area (Å²) in [6.07, 6.45) is 7.12. The van der Waals surface area contributed by atoms with E-state index in [1.807, 2.05) is 30.3 Å². The average molecular weight is 269 g/mol. The Morgan fingerprint density at radius 1 is 1.05 bits per heavy atom. The van der Waals surface area contributed by atoms with Gasteiger partial charge in [-0.15, -0.1) is 10.2 Å². The molecule has 0 unspecified atom stereocenters. The van der Waals surface area contributed by atoms with E-state index in [2.05, 4.69) is 15.5 Å². The van der Waals surface area contributed by atoms with E-state index in [-0.39, 0.29) is 5.91 Å². The number of hydrogen-bond acceptors (Lipinski definition) is 3. The molecular weight excluding hydrogens is 250 g/mol. The third-order valence-corrected chi connectivity index (χ3v) is 3.92. The molecular formula is C16H19N3O. The summed E-state index contributed by atoms with van der Waals surface area (Å²) in [6.45, 7) is 0. The lowest BCUT2D eigenvalue weighted by atomic mass is 10.1. The van der Waals surface area contributed by atoms with Crippen LogP contribution >= 0.6 is 0 Å². The van der Waals surface area contributed by atoms with Crippen LogP contribution in [0.5, 0.6) is 0 Å². The van der Waals surface area contributed by atoms with E-state index in [9.17, 15) is 4.79 Å². The summed E-state index contributed by atoms with van der Waals surface area (Å²) < 4.78 is 0. The average Bonchev–Trinajstić information content (AvgIpc) is 2.75. The van der Waals surface area contributed by atoms with Crippen LogP contribution in [0.3, 0.4) is 0 Å². The largest absolute Gasteiger partial charge is 0.348 e. The maximum absolute atomic E-state index is 12.3. The van der Waals surface area contributed by atoms with Crippen LogP contribution in [0.2, 0.25) is 0 Å². The molecule has 0 radical (unpaired) electrons. The van der Waals surface area contributed by atoms with Crippen molar-refractivity contribution in [2.24, 2.45) is 0 Å². The highest BCUT2D eigenvalue weighted by atomic mass is 16.2. The van der Waals surface area contributed by atoms with Crippen molar-refractivity contribution in [3.05, 3.63) is 36.0 Å². The highest BCUT2D eigenvalue weighted by molar-refractivity contribution is 5.95. The van der Waals surface area contributed by atoms with Crippen LogP contribution in [0, 0.1) is 0 Å². The van der Waals surface area contributed by atoms with E-state index in [0.29, 0.717) is 11.7 Å². The van der Waals surface area contributed by atoms with Gasteiger partial charge in [-0.1, -0.05) is 43.9 Å². The number of carbonyl (C=O) groups is 1. The van der Waals surface area contributed by atoms with Crippen molar-refractivity contribution in [1.29, 1.82) is 0 Å². The highest BCUT2D eigenvalue weighted by Crippen LogP contribution is 2.18. The van der Waals surface area contributed by atoms with Crippen LogP contribution in [0.1, 0.15) is 49.0 Å². The number of nitrogens with zero attached hydrogens (tertiary/aromatic N) is 2. The molecule has 4 nitrogen and oxygen atoms in total. The number of rotatable bonds is 2. The second kappa shape index (κ2) is 5.99. The minimum Gasteiger partial charge on any atom is -0.348 e. The molecule has 1 fully saturated rings. The third kappa shape index (κ3) is 2.95. The molecule has 0 spiro atoms. The van der Waals surface area contributed by atoms with Crippen molar-refractivity contribution >= 4 is 16.8 Å². The van der Waals surface area contributed by atoms with Crippen molar-refractivity contribution in [3.8, 4) is 0 Å². The van der Waals surface area contributed by atoms with E-state index >= 15 is 0 Å². The molecule has 0 bridgehead atoms. The summed E-state index contributed by atoms with van der Waals surface area (Å²) in [7, 11) is 0. The second-order valence-electron chi connectivity index (χ2n) is 5.45. The van der Waals surface area contributed by atoms with Crippen molar-refractivity contribution in [3.63, 3.8) is 0 Å². The lowest BCUT2D eigenvalue weighted by Gasteiger charge is -2.15. The van der Waals surface area contributed by atoms with E-state index in [1.165, 1.54) is 25.7 Å². The quantitative estimate of drug-likeness (QED) is 0.852. The minimum atomic E-state index is -0.102. The van der Waals surface area contributed by atoms with Gasteiger partial charge in [-0.05, 0) is 25.0 Å². The number of benzene rings is 1. The molecule has 1 aromatic heterocycles. The molecule has 20 heavy (non-hydrogen) atoms. The number of amides is 1. The van der Waals surface area contributed by atoms with Gasteiger partial charge in [0.25, 0.3) is 5.91 Å². The SMILES string of the molecule is O=C(NC1CCCCCC1)c1cc2ccccc2nn1. The molecule has 1 aliphatic carbocycles. The van der Waals surface area contributed by atoms with Gasteiger partial charge in [0.15, 0.2) is 5.69 Å². The summed E-state index contributed by atoms with van der Waals surface area (Å²) in [5.74, 6) is -0.102. The lowest BCUT2D eigenvalue weighted by Crippen LogP contribution is -2.35. The van der Waals surface area contributed by atoms with Gasteiger partial charge in [0, 0.05) is 11.4 Å². The van der Waals surface area contributed by atoms with Gasteiger partial charge in [-0.2, -0.15) is 0 Å². The first-order valence-corrected chi connectivity index (χ1v) is 7.36. The van der Waals surface area contributed by atoms with Crippen LogP contribution in [0.15, 0.2) is 30.3 Å². The van der Waals surface area contributed by atoms with Crippen LogP contribution in [0.25, 0.3) is 10.9 Å². The van der Waals surface area contributed by atoms with E-state index in [0.717, 1.165) is 23.7 Å². The van der Waals surface area contributed by atoms with Gasteiger partial charge in [0.2, 0.25) is 0 Å². The number of fused-ring (bicyclic) bond motifs is 1. The first-order valence-electron chi connectivity index (χ1n) is 7.36. The van der Waals surface area contributed by atoms with Crippen molar-refractivity contribution in [1.82, 2.24) is 15.5 Å². The zero-order valence-electron chi connectivity index (χ0n) is 11.5. The highest BCUT2D eigenvalue weighted by Gasteiger charge is 2.17. The normalized spacial score (nSPS) is 16.8. The Balaban J connectivity index is 1.74. The predicted octanol–water partition coefficient (Wildman–Crippen LogP) is 3.08. The zero-order valence-corrected chi connectivity index (χ0v) is 11.5. The summed E-state index contributed by atoms with van der Waals surface area (Å²) in [5.41, 5.74) is 1.23. The fourth-order valence-corrected chi connectivity index (χ4v) is 2.78. The Morgan fingerprint density at radius 3 is 2.60 bits per heavy atom. The lowest BCUT2D eigenvalue weighted by molar-refractivity contribution is 0.0927. The van der Waals surface area contributed by atoms with Crippen molar-refractivity contribution in [2.75, 3.05) is 0 Å². The number of nitrogens with one attached hydrogen (secondary N) is 1. The van der Waals surface area contributed by atoms with Gasteiger partial charge < -0.3 is 5.32 Å². The van der Waals surface area contributed by atoms with Crippen LogP contribution in [-0.2, 0) is 0 Å². The molecule has 1 saturated carbocycles. The van der Waals surface area contributed by atoms with Gasteiger partial charge in [-0.25, -0.2) is 0 Å². The smallest absolute Gasteiger partial charge is 0.272 e. The van der Waals surface area contributed by atoms with Gasteiger partial charge in [-0.3, -0.25) is 4.79 Å². The van der Waals surface area contributed by atoms with Gasteiger partial charge >= 0.3 is 0 Å². The maximum Gasteiger partial charge on any atom is 0.272 e. The molecule has 1 aromatic carbocycles. The first kappa shape index (κ1) is 13.0. The summed E-state index contributed by atoms with van der Waals surface area (Å²) >= 11 is 0. The molecule has 1 heterocycles. The summed E-state index contributed by atoms with van der Waals surface area (Å²) in [5, 5.41) is 12.2. The van der Waals surface area contributed by atoms with Crippen molar-refractivity contribution in [2.45, 2.75) is 44.6 Å². The molecule has 2 aromatic rings. The Labute approximate surface area is 118 Å². The third-order valence-electron chi connectivity index (χ3n) is 3.92. The van der Waals surface area contributed by atoms with Crippen molar-refractivity contribution < 1.29 is 4.79 Å². The molecule has 0 aliphatic heterocycles. The topological polar surface area (TPSA) is 54.9 Å². The zero-order chi connectivity index (χ0) is 13.8. The number of hydrogen-bond donors (Lipinski definition) is 1. The predicted molar refractivity (Wildman–Crippen MR) is 78.5 cm³/mol. The maximum atomic E-state index is 12.3. The fraction of sp³-hybridized carbons (Fsp3) is 0.438. The van der Waals surface area contributed by atoms with E-state index in [4.69, 9.17) is 0 Å². The monoisotopic (exact) mass is 269 g/mol. The van der Waals surface area contributed by atoms with Gasteiger partial charge in [0.05, 0.1) is 5.52 Å². The fourth-order valence-electron chi connectivity index (χ4n) is 2.78. The minimum absolute atomic E-state index is 0.102. The molecule has 3 rings (SSSR count). The number of aromatic nitrogens is 2. The molecule has 0 atom stereocenters. The molecule has 0 saturated heterocycles. The Kier molecular flexibility index (Phi) is 3.90. The first-order chi connectivity index (χ1) is 9.83. The van der Waals surface area contributed by atoms with E-state index in [1.54, 1.807) is 0 Å². The molecule has 1 amide bonds. The molecule has 4 heteroatoms. The molecule has 1 aliphatic rings. The second-order valence-corrected chi connectivity index (χ2v) is 5.45. The number of carbonyl (C=O) groups excluding carboxylic acids is 1. The Morgan fingerprint density at radius 2 is 1.80 bits per heavy atom.